The van der Waals surface area contributed by atoms with Gasteiger partial charge < -0.3 is 5.73 Å². The van der Waals surface area contributed by atoms with Gasteiger partial charge in [-0.1, -0.05) is 0 Å². The van der Waals surface area contributed by atoms with Crippen molar-refractivity contribution < 1.29 is 8.42 Å². The minimum Gasteiger partial charge on any atom is -0.325 e. The minimum absolute atomic E-state index is 0.100. The highest BCUT2D eigenvalue weighted by molar-refractivity contribution is 7.98. The van der Waals surface area contributed by atoms with E-state index < -0.39 is 10.0 Å². The number of aromatic nitrogens is 2. The third-order valence-electron chi connectivity index (χ3n) is 2.02. The van der Waals surface area contributed by atoms with Crippen LogP contribution in [0.25, 0.3) is 0 Å². The number of rotatable bonds is 6. The Morgan fingerprint density at radius 2 is 2.25 bits per heavy atom. The fourth-order valence-corrected chi connectivity index (χ4v) is 3.15. The Morgan fingerprint density at radius 3 is 2.81 bits per heavy atom. The van der Waals surface area contributed by atoms with Gasteiger partial charge in [0.05, 0.1) is 11.4 Å². The van der Waals surface area contributed by atoms with Crippen LogP contribution in [0.3, 0.4) is 0 Å². The molecule has 6 nitrogen and oxygen atoms in total. The second-order valence-electron chi connectivity index (χ2n) is 3.22. The molecule has 0 aliphatic rings. The minimum atomic E-state index is -3.50. The second kappa shape index (κ2) is 5.67. The van der Waals surface area contributed by atoms with Crippen LogP contribution in [0.1, 0.15) is 11.4 Å². The van der Waals surface area contributed by atoms with E-state index in [9.17, 15) is 8.42 Å². The summed E-state index contributed by atoms with van der Waals surface area (Å²) in [7, 11) is -3.50. The molecule has 0 unspecified atom stereocenters. The molecule has 8 heteroatoms. The summed E-state index contributed by atoms with van der Waals surface area (Å²) in [6.45, 7) is 2.16. The zero-order valence-electron chi connectivity index (χ0n) is 9.28. The fourth-order valence-electron chi connectivity index (χ4n) is 1.31. The van der Waals surface area contributed by atoms with Crippen LogP contribution in [-0.2, 0) is 16.6 Å². The lowest BCUT2D eigenvalue weighted by Gasteiger charge is -2.06. The molecule has 0 aliphatic carbocycles. The molecule has 1 rings (SSSR count). The number of hydrogen-bond acceptors (Lipinski definition) is 5. The normalized spacial score (nSPS) is 11.9. The third-order valence-corrected chi connectivity index (χ3v) is 4.30. The summed E-state index contributed by atoms with van der Waals surface area (Å²) in [5.41, 5.74) is 6.32. The first-order valence-corrected chi connectivity index (χ1v) is 7.63. The Bertz CT molecular complexity index is 441. The molecule has 1 aromatic heterocycles. The van der Waals surface area contributed by atoms with Crippen molar-refractivity contribution in [3.63, 3.8) is 0 Å². The van der Waals surface area contributed by atoms with E-state index in [0.717, 1.165) is 5.75 Å². The predicted octanol–water partition coefficient (Wildman–Crippen LogP) is -0.182. The number of aromatic amines is 1. The average Bonchev–Trinajstić information content (AvgIpc) is 2.60. The largest absolute Gasteiger partial charge is 0.325 e. The fraction of sp³-hybridized carbons (Fsp3) is 0.625. The number of thioether (sulfide) groups is 1. The van der Waals surface area contributed by atoms with E-state index in [1.165, 1.54) is 0 Å². The first-order valence-electron chi connectivity index (χ1n) is 4.75. The Morgan fingerprint density at radius 1 is 1.56 bits per heavy atom. The van der Waals surface area contributed by atoms with Gasteiger partial charge in [-0.3, -0.25) is 5.10 Å². The molecule has 0 atom stereocenters. The van der Waals surface area contributed by atoms with Crippen LogP contribution in [0.2, 0.25) is 0 Å². The molecule has 0 amide bonds. The molecule has 0 spiro atoms. The van der Waals surface area contributed by atoms with Crippen LogP contribution >= 0.6 is 11.8 Å². The van der Waals surface area contributed by atoms with Gasteiger partial charge in [-0.2, -0.15) is 16.9 Å². The number of H-pyrrole nitrogens is 1. The zero-order valence-corrected chi connectivity index (χ0v) is 10.9. The van der Waals surface area contributed by atoms with Gasteiger partial charge in [0, 0.05) is 18.8 Å². The van der Waals surface area contributed by atoms with Crippen LogP contribution < -0.4 is 10.5 Å². The van der Waals surface area contributed by atoms with Gasteiger partial charge in [-0.25, -0.2) is 13.1 Å². The van der Waals surface area contributed by atoms with E-state index in [0.29, 0.717) is 17.9 Å². The second-order valence-corrected chi connectivity index (χ2v) is 5.91. The molecule has 0 saturated carbocycles. The topological polar surface area (TPSA) is 101 Å². The smallest absolute Gasteiger partial charge is 0.244 e. The Hall–Kier alpha value is -0.570. The van der Waals surface area contributed by atoms with Crippen LogP contribution in [0.15, 0.2) is 4.90 Å². The van der Waals surface area contributed by atoms with Gasteiger partial charge in [0.1, 0.15) is 4.90 Å². The molecule has 92 valence electrons. The van der Waals surface area contributed by atoms with Crippen LogP contribution in [0.5, 0.6) is 0 Å². The molecule has 1 heterocycles. The van der Waals surface area contributed by atoms with Gasteiger partial charge in [0.15, 0.2) is 0 Å². The van der Waals surface area contributed by atoms with Gasteiger partial charge in [-0.05, 0) is 13.2 Å². The number of nitrogens with two attached hydrogens (primary N) is 1. The van der Waals surface area contributed by atoms with Crippen molar-refractivity contribution in [2.24, 2.45) is 5.73 Å². The summed E-state index contributed by atoms with van der Waals surface area (Å²) in [5.74, 6) is 0.730. The molecule has 0 aromatic carbocycles. The van der Waals surface area contributed by atoms with Crippen molar-refractivity contribution in [3.8, 4) is 0 Å². The highest BCUT2D eigenvalue weighted by atomic mass is 32.2. The van der Waals surface area contributed by atoms with Gasteiger partial charge in [-0.15, -0.1) is 0 Å². The molecule has 0 bridgehead atoms. The molecule has 0 fully saturated rings. The number of hydrogen-bond donors (Lipinski definition) is 3. The van der Waals surface area contributed by atoms with E-state index in [2.05, 4.69) is 14.9 Å². The van der Waals surface area contributed by atoms with Crippen molar-refractivity contribution in [3.05, 3.63) is 11.4 Å². The first-order chi connectivity index (χ1) is 7.53. The first kappa shape index (κ1) is 13.5. The maximum atomic E-state index is 11.9. The van der Waals surface area contributed by atoms with E-state index >= 15 is 0 Å². The Kier molecular flexibility index (Phi) is 4.78. The maximum absolute atomic E-state index is 11.9. The highest BCUT2D eigenvalue weighted by Crippen LogP contribution is 2.16. The summed E-state index contributed by atoms with van der Waals surface area (Å²) in [6.07, 6.45) is 1.92. The number of nitrogens with one attached hydrogen (secondary N) is 2. The van der Waals surface area contributed by atoms with Crippen LogP contribution in [0.4, 0.5) is 0 Å². The van der Waals surface area contributed by atoms with Crippen molar-refractivity contribution in [1.29, 1.82) is 0 Å². The van der Waals surface area contributed by atoms with E-state index in [-0.39, 0.29) is 11.4 Å². The lowest BCUT2D eigenvalue weighted by molar-refractivity contribution is 0.582. The average molecular weight is 264 g/mol. The summed E-state index contributed by atoms with van der Waals surface area (Å²) in [4.78, 5) is 0.177. The quantitative estimate of drug-likeness (QED) is 0.619. The molecule has 0 radical (unpaired) electrons. The summed E-state index contributed by atoms with van der Waals surface area (Å²) in [5, 5.41) is 6.48. The van der Waals surface area contributed by atoms with Crippen molar-refractivity contribution >= 4 is 21.8 Å². The summed E-state index contributed by atoms with van der Waals surface area (Å²) >= 11 is 1.58. The summed E-state index contributed by atoms with van der Waals surface area (Å²) < 4.78 is 26.4. The lowest BCUT2D eigenvalue weighted by atomic mass is 10.4. The van der Waals surface area contributed by atoms with Gasteiger partial charge in [0.2, 0.25) is 10.0 Å². The van der Waals surface area contributed by atoms with E-state index in [1.807, 2.05) is 6.26 Å². The van der Waals surface area contributed by atoms with Crippen LogP contribution in [-0.4, -0.2) is 37.2 Å². The molecule has 16 heavy (non-hydrogen) atoms. The molecular formula is C8H16N4O2S2. The number of sulfonamides is 1. The standard InChI is InChI=1S/C8H16N4O2S2/c1-6-8(7(5-9)12-11-6)16(13,14)10-3-4-15-2/h10H,3-5,9H2,1-2H3,(H,11,12). The highest BCUT2D eigenvalue weighted by Gasteiger charge is 2.22. The zero-order chi connectivity index (χ0) is 12.2. The monoisotopic (exact) mass is 264 g/mol. The Labute approximate surface area is 99.4 Å². The van der Waals surface area contributed by atoms with Crippen LogP contribution in [0, 0.1) is 6.92 Å². The lowest BCUT2D eigenvalue weighted by Crippen LogP contribution is -2.27. The maximum Gasteiger partial charge on any atom is 0.244 e. The molecule has 0 saturated heterocycles. The third kappa shape index (κ3) is 2.97. The van der Waals surface area contributed by atoms with Crippen molar-refractivity contribution in [2.45, 2.75) is 18.4 Å². The molecular weight excluding hydrogens is 248 g/mol. The Balaban J connectivity index is 2.93. The number of aryl methyl sites for hydroxylation is 1. The van der Waals surface area contributed by atoms with E-state index in [4.69, 9.17) is 5.73 Å². The predicted molar refractivity (Wildman–Crippen MR) is 64.8 cm³/mol. The summed E-state index contributed by atoms with van der Waals surface area (Å²) in [6, 6.07) is 0. The van der Waals surface area contributed by atoms with Gasteiger partial charge >= 0.3 is 0 Å². The molecule has 4 N–H and O–H groups in total. The number of nitrogens with zero attached hydrogens (tertiary/aromatic N) is 1. The van der Waals surface area contributed by atoms with Crippen molar-refractivity contribution in [2.75, 3.05) is 18.6 Å². The van der Waals surface area contributed by atoms with E-state index in [1.54, 1.807) is 18.7 Å². The van der Waals surface area contributed by atoms with Gasteiger partial charge in [0.25, 0.3) is 0 Å². The SMILES string of the molecule is CSCCNS(=O)(=O)c1c(CN)n[nH]c1C. The molecule has 0 aliphatic heterocycles. The van der Waals surface area contributed by atoms with Crippen molar-refractivity contribution in [1.82, 2.24) is 14.9 Å². The molecule has 1 aromatic rings.